The number of ether oxygens (including phenoxy) is 3. The molecule has 0 saturated carbocycles. The van der Waals surface area contributed by atoms with Crippen molar-refractivity contribution >= 4 is 5.69 Å². The van der Waals surface area contributed by atoms with Gasteiger partial charge in [0.15, 0.2) is 11.5 Å². The molecule has 182 valence electrons. The highest BCUT2D eigenvalue weighted by atomic mass is 16.5. The average molecular weight is 466 g/mol. The third-order valence-electron chi connectivity index (χ3n) is 6.33. The van der Waals surface area contributed by atoms with Gasteiger partial charge < -0.3 is 19.1 Å². The average Bonchev–Trinajstić information content (AvgIpc) is 2.84. The maximum Gasteiger partial charge on any atom is 0.203 e. The molecule has 0 unspecified atom stereocenters. The standard InChI is InChI=1S/C26H35N5O3/c1-19(2)26(18-27,21-16-23(32-4)25(34-6)24(17-21)33-5)12-8-13-31(3)14-11-20-9-7-10-22(15-20)29-30-28/h7,9-10,15-17,19H,8,11-14H2,1-6H3/t26-/m0/s1. The van der Waals surface area contributed by atoms with Crippen LogP contribution in [0.5, 0.6) is 17.2 Å². The van der Waals surface area contributed by atoms with Crippen LogP contribution in [0.3, 0.4) is 0 Å². The molecule has 2 rings (SSSR count). The van der Waals surface area contributed by atoms with E-state index in [1.165, 1.54) is 0 Å². The summed E-state index contributed by atoms with van der Waals surface area (Å²) in [4.78, 5) is 5.11. The summed E-state index contributed by atoms with van der Waals surface area (Å²) in [5, 5.41) is 14.0. The van der Waals surface area contributed by atoms with E-state index in [9.17, 15) is 5.26 Å². The lowest BCUT2D eigenvalue weighted by Gasteiger charge is -2.33. The highest BCUT2D eigenvalue weighted by molar-refractivity contribution is 5.56. The molecular formula is C26H35N5O3. The maximum absolute atomic E-state index is 10.3. The number of azide groups is 1. The van der Waals surface area contributed by atoms with Crippen LogP contribution < -0.4 is 14.2 Å². The van der Waals surface area contributed by atoms with Gasteiger partial charge in [0.25, 0.3) is 0 Å². The van der Waals surface area contributed by atoms with Crippen molar-refractivity contribution in [2.45, 2.75) is 38.5 Å². The van der Waals surface area contributed by atoms with E-state index in [2.05, 4.69) is 41.9 Å². The van der Waals surface area contributed by atoms with E-state index in [1.807, 2.05) is 30.3 Å². The Morgan fingerprint density at radius 3 is 2.29 bits per heavy atom. The lowest BCUT2D eigenvalue weighted by Crippen LogP contribution is -2.32. The molecule has 0 fully saturated rings. The lowest BCUT2D eigenvalue weighted by atomic mass is 9.69. The number of hydrogen-bond donors (Lipinski definition) is 0. The zero-order valence-electron chi connectivity index (χ0n) is 21.0. The first-order valence-corrected chi connectivity index (χ1v) is 11.4. The van der Waals surface area contributed by atoms with E-state index >= 15 is 0 Å². The van der Waals surface area contributed by atoms with Crippen LogP contribution in [0.15, 0.2) is 41.5 Å². The number of methoxy groups -OCH3 is 3. The van der Waals surface area contributed by atoms with Crippen LogP contribution in [0, 0.1) is 17.2 Å². The van der Waals surface area contributed by atoms with Crippen molar-refractivity contribution in [1.29, 1.82) is 5.26 Å². The van der Waals surface area contributed by atoms with Crippen molar-refractivity contribution in [2.75, 3.05) is 41.5 Å². The van der Waals surface area contributed by atoms with Crippen molar-refractivity contribution in [3.63, 3.8) is 0 Å². The molecule has 0 N–H and O–H groups in total. The second-order valence-corrected chi connectivity index (χ2v) is 8.67. The fraction of sp³-hybridized carbons (Fsp3) is 0.500. The Labute approximate surface area is 202 Å². The Morgan fingerprint density at radius 1 is 1.09 bits per heavy atom. The largest absolute Gasteiger partial charge is 0.493 e. The third kappa shape index (κ3) is 6.34. The highest BCUT2D eigenvalue weighted by Gasteiger charge is 2.37. The third-order valence-corrected chi connectivity index (χ3v) is 6.33. The van der Waals surface area contributed by atoms with Gasteiger partial charge in [-0.15, -0.1) is 0 Å². The maximum atomic E-state index is 10.3. The van der Waals surface area contributed by atoms with Crippen LogP contribution in [0.2, 0.25) is 0 Å². The SMILES string of the molecule is COc1cc([C@](C#N)(CCCN(C)CCc2cccc(N=[N+]=[N-])c2)C(C)C)cc(OC)c1OC. The van der Waals surface area contributed by atoms with Crippen molar-refractivity contribution < 1.29 is 14.2 Å². The minimum absolute atomic E-state index is 0.0917. The normalized spacial score (nSPS) is 12.6. The van der Waals surface area contributed by atoms with Crippen LogP contribution >= 0.6 is 0 Å². The molecule has 0 aliphatic carbocycles. The van der Waals surface area contributed by atoms with E-state index in [0.29, 0.717) is 29.4 Å². The molecular weight excluding hydrogens is 430 g/mol. The van der Waals surface area contributed by atoms with Gasteiger partial charge in [-0.25, -0.2) is 0 Å². The highest BCUT2D eigenvalue weighted by Crippen LogP contribution is 2.45. The molecule has 0 bridgehead atoms. The summed E-state index contributed by atoms with van der Waals surface area (Å²) in [7, 11) is 6.83. The molecule has 0 heterocycles. The van der Waals surface area contributed by atoms with Crippen LogP contribution in [0.1, 0.15) is 37.8 Å². The zero-order chi connectivity index (χ0) is 25.1. The van der Waals surface area contributed by atoms with Crippen molar-refractivity contribution in [3.8, 4) is 23.3 Å². The summed E-state index contributed by atoms with van der Waals surface area (Å²) in [6.45, 7) is 5.88. The molecule has 0 aliphatic rings. The van der Waals surface area contributed by atoms with E-state index in [-0.39, 0.29) is 5.92 Å². The second-order valence-electron chi connectivity index (χ2n) is 8.67. The van der Waals surface area contributed by atoms with Gasteiger partial charge in [0.2, 0.25) is 5.75 Å². The van der Waals surface area contributed by atoms with Gasteiger partial charge >= 0.3 is 0 Å². The van der Waals surface area contributed by atoms with Crippen LogP contribution in [0.25, 0.3) is 10.4 Å². The first kappa shape index (κ1) is 26.8. The summed E-state index contributed by atoms with van der Waals surface area (Å²) in [6.07, 6.45) is 2.42. The monoisotopic (exact) mass is 465 g/mol. The first-order valence-electron chi connectivity index (χ1n) is 11.4. The van der Waals surface area contributed by atoms with Crippen LogP contribution in [-0.4, -0.2) is 46.4 Å². The molecule has 8 heteroatoms. The summed E-state index contributed by atoms with van der Waals surface area (Å²) >= 11 is 0. The Bertz CT molecular complexity index is 1020. The minimum atomic E-state index is -0.683. The second kappa shape index (κ2) is 12.7. The summed E-state index contributed by atoms with van der Waals surface area (Å²) in [5.74, 6) is 1.72. The lowest BCUT2D eigenvalue weighted by molar-refractivity contribution is 0.290. The molecule has 0 saturated heterocycles. The Morgan fingerprint density at radius 2 is 1.76 bits per heavy atom. The van der Waals surface area contributed by atoms with Crippen molar-refractivity contribution in [3.05, 3.63) is 58.0 Å². The number of hydrogen-bond acceptors (Lipinski definition) is 6. The Kier molecular flexibility index (Phi) is 10.1. The fourth-order valence-electron chi connectivity index (χ4n) is 4.24. The molecule has 0 spiro atoms. The van der Waals surface area contributed by atoms with Gasteiger partial charge in [0.05, 0.1) is 32.8 Å². The number of rotatable bonds is 13. The molecule has 0 aromatic heterocycles. The number of likely N-dealkylation sites (N-methyl/N-ethyl adjacent to an activating group) is 1. The molecule has 34 heavy (non-hydrogen) atoms. The summed E-state index contributed by atoms with van der Waals surface area (Å²) < 4.78 is 16.5. The molecule has 8 nitrogen and oxygen atoms in total. The minimum Gasteiger partial charge on any atom is -0.493 e. The van der Waals surface area contributed by atoms with Gasteiger partial charge in [-0.2, -0.15) is 5.26 Å². The summed E-state index contributed by atoms with van der Waals surface area (Å²) in [5.41, 5.74) is 10.6. The molecule has 0 aliphatic heterocycles. The van der Waals surface area contributed by atoms with Crippen molar-refractivity contribution in [1.82, 2.24) is 4.90 Å². The Balaban J connectivity index is 2.12. The quantitative estimate of drug-likeness (QED) is 0.204. The molecule has 1 atom stereocenters. The van der Waals surface area contributed by atoms with Crippen LogP contribution in [0.4, 0.5) is 5.69 Å². The summed E-state index contributed by atoms with van der Waals surface area (Å²) in [6, 6.07) is 14.0. The molecule has 2 aromatic carbocycles. The fourth-order valence-corrected chi connectivity index (χ4v) is 4.24. The molecule has 2 aromatic rings. The smallest absolute Gasteiger partial charge is 0.203 e. The number of nitrogens with zero attached hydrogens (tertiary/aromatic N) is 5. The van der Waals surface area contributed by atoms with Gasteiger partial charge in [-0.3, -0.25) is 0 Å². The van der Waals surface area contributed by atoms with E-state index < -0.39 is 5.41 Å². The van der Waals surface area contributed by atoms with Gasteiger partial charge in [-0.1, -0.05) is 37.2 Å². The predicted molar refractivity (Wildman–Crippen MR) is 134 cm³/mol. The predicted octanol–water partition coefficient (Wildman–Crippen LogP) is 6.03. The first-order chi connectivity index (χ1) is 16.3. The van der Waals surface area contributed by atoms with Gasteiger partial charge in [0, 0.05) is 17.1 Å². The van der Waals surface area contributed by atoms with Crippen molar-refractivity contribution in [2.24, 2.45) is 11.0 Å². The van der Waals surface area contributed by atoms with Crippen LogP contribution in [-0.2, 0) is 11.8 Å². The topological polar surface area (TPSA) is 103 Å². The van der Waals surface area contributed by atoms with Gasteiger partial charge in [0.1, 0.15) is 0 Å². The molecule has 0 radical (unpaired) electrons. The number of benzene rings is 2. The molecule has 0 amide bonds. The Hall–Kier alpha value is -3.40. The van der Waals surface area contributed by atoms with E-state index in [1.54, 1.807) is 27.4 Å². The van der Waals surface area contributed by atoms with Gasteiger partial charge in [-0.05, 0) is 73.6 Å². The zero-order valence-corrected chi connectivity index (χ0v) is 21.0. The number of nitriles is 1. The van der Waals surface area contributed by atoms with E-state index in [0.717, 1.165) is 37.1 Å². The van der Waals surface area contributed by atoms with E-state index in [4.69, 9.17) is 19.7 Å².